The van der Waals surface area contributed by atoms with Gasteiger partial charge in [0.15, 0.2) is 0 Å². The van der Waals surface area contributed by atoms with Gasteiger partial charge in [-0.1, -0.05) is 47.5 Å². The van der Waals surface area contributed by atoms with E-state index in [0.717, 1.165) is 28.2 Å². The molecule has 0 bridgehead atoms. The second-order valence-electron chi connectivity index (χ2n) is 7.70. The van der Waals surface area contributed by atoms with Gasteiger partial charge in [-0.05, 0) is 31.5 Å². The summed E-state index contributed by atoms with van der Waals surface area (Å²) >= 11 is 7.76. The molecule has 1 saturated heterocycles. The Kier molecular flexibility index (Phi) is 6.68. The molecule has 2 amide bonds. The zero-order valence-corrected chi connectivity index (χ0v) is 19.0. The summed E-state index contributed by atoms with van der Waals surface area (Å²) in [6.07, 6.45) is 1.03. The molecule has 1 fully saturated rings. The van der Waals surface area contributed by atoms with Crippen LogP contribution in [0.4, 0.5) is 0 Å². The van der Waals surface area contributed by atoms with E-state index < -0.39 is 0 Å². The van der Waals surface area contributed by atoms with Crippen LogP contribution in [0.25, 0.3) is 10.6 Å². The standard InChI is InChI=1S/C24H24ClN3O2S/c1-17-6-4-7-18(14-17)24(30)28-11-5-10-27(12-13-28)22(29)15-19-16-31-23(26-19)20-8-2-3-9-21(20)25/h2-4,6-9,14,16H,5,10-13,15H2,1H3. The molecule has 0 spiro atoms. The van der Waals surface area contributed by atoms with E-state index in [1.807, 2.05) is 70.6 Å². The summed E-state index contributed by atoms with van der Waals surface area (Å²) in [6, 6.07) is 15.2. The molecule has 1 aliphatic rings. The van der Waals surface area contributed by atoms with Gasteiger partial charge in [0.2, 0.25) is 5.91 Å². The Hall–Kier alpha value is -2.70. The largest absolute Gasteiger partial charge is 0.341 e. The first kappa shape index (κ1) is 21.5. The first-order valence-corrected chi connectivity index (χ1v) is 11.6. The molecule has 2 heterocycles. The lowest BCUT2D eigenvalue weighted by atomic mass is 10.1. The molecule has 0 unspecified atom stereocenters. The molecule has 0 N–H and O–H groups in total. The van der Waals surface area contributed by atoms with Gasteiger partial charge in [0.25, 0.3) is 5.91 Å². The van der Waals surface area contributed by atoms with Crippen LogP contribution in [0.2, 0.25) is 5.02 Å². The number of hydrogen-bond acceptors (Lipinski definition) is 4. The highest BCUT2D eigenvalue weighted by Crippen LogP contribution is 2.30. The minimum Gasteiger partial charge on any atom is -0.341 e. The smallest absolute Gasteiger partial charge is 0.253 e. The van der Waals surface area contributed by atoms with Crippen LogP contribution < -0.4 is 0 Å². The molecule has 0 saturated carbocycles. The van der Waals surface area contributed by atoms with Crippen LogP contribution >= 0.6 is 22.9 Å². The summed E-state index contributed by atoms with van der Waals surface area (Å²) in [5.74, 6) is 0.0720. The van der Waals surface area contributed by atoms with Crippen molar-refractivity contribution in [2.24, 2.45) is 0 Å². The number of aryl methyl sites for hydroxylation is 1. The summed E-state index contributed by atoms with van der Waals surface area (Å²) in [6.45, 7) is 4.37. The fraction of sp³-hybridized carbons (Fsp3) is 0.292. The number of nitrogens with zero attached hydrogens (tertiary/aromatic N) is 3. The van der Waals surface area contributed by atoms with Crippen molar-refractivity contribution in [3.05, 3.63) is 75.8 Å². The van der Waals surface area contributed by atoms with Crippen molar-refractivity contribution in [1.29, 1.82) is 0 Å². The van der Waals surface area contributed by atoms with E-state index in [2.05, 4.69) is 4.98 Å². The quantitative estimate of drug-likeness (QED) is 0.575. The van der Waals surface area contributed by atoms with Gasteiger partial charge in [0.1, 0.15) is 5.01 Å². The van der Waals surface area contributed by atoms with E-state index in [1.165, 1.54) is 11.3 Å². The van der Waals surface area contributed by atoms with Crippen LogP contribution in [0.15, 0.2) is 53.9 Å². The normalized spacial score (nSPS) is 14.4. The van der Waals surface area contributed by atoms with Crippen LogP contribution in [0, 0.1) is 6.92 Å². The molecule has 31 heavy (non-hydrogen) atoms. The first-order chi connectivity index (χ1) is 15.0. The van der Waals surface area contributed by atoms with Crippen molar-refractivity contribution in [3.8, 4) is 10.6 Å². The van der Waals surface area contributed by atoms with Crippen LogP contribution in [0.1, 0.15) is 28.0 Å². The molecule has 1 aliphatic heterocycles. The minimum absolute atomic E-state index is 0.0295. The maximum atomic E-state index is 12.9. The molecule has 5 nitrogen and oxygen atoms in total. The third kappa shape index (κ3) is 5.14. The van der Waals surface area contributed by atoms with E-state index in [1.54, 1.807) is 0 Å². The molecule has 1 aromatic heterocycles. The van der Waals surface area contributed by atoms with E-state index in [-0.39, 0.29) is 18.2 Å². The third-order valence-corrected chi connectivity index (χ3v) is 6.64. The van der Waals surface area contributed by atoms with Crippen LogP contribution in [0.5, 0.6) is 0 Å². The van der Waals surface area contributed by atoms with E-state index in [4.69, 9.17) is 11.6 Å². The molecule has 160 valence electrons. The third-order valence-electron chi connectivity index (χ3n) is 5.39. The van der Waals surface area contributed by atoms with Gasteiger partial charge in [0.05, 0.1) is 17.1 Å². The number of thiazole rings is 1. The summed E-state index contributed by atoms with van der Waals surface area (Å²) in [7, 11) is 0. The van der Waals surface area contributed by atoms with Crippen molar-refractivity contribution >= 4 is 34.8 Å². The zero-order valence-electron chi connectivity index (χ0n) is 17.4. The van der Waals surface area contributed by atoms with Crippen molar-refractivity contribution in [2.45, 2.75) is 19.8 Å². The van der Waals surface area contributed by atoms with Crippen molar-refractivity contribution in [3.63, 3.8) is 0 Å². The number of carbonyl (C=O) groups is 2. The number of aromatic nitrogens is 1. The van der Waals surface area contributed by atoms with Gasteiger partial charge in [-0.15, -0.1) is 11.3 Å². The maximum absolute atomic E-state index is 12.9. The monoisotopic (exact) mass is 453 g/mol. The number of halogens is 1. The van der Waals surface area contributed by atoms with Gasteiger partial charge in [0, 0.05) is 42.7 Å². The summed E-state index contributed by atoms with van der Waals surface area (Å²) < 4.78 is 0. The van der Waals surface area contributed by atoms with Gasteiger partial charge in [-0.3, -0.25) is 9.59 Å². The lowest BCUT2D eigenvalue weighted by Gasteiger charge is -2.22. The molecule has 4 rings (SSSR count). The molecule has 0 aliphatic carbocycles. The average molecular weight is 454 g/mol. The van der Waals surface area contributed by atoms with Crippen molar-refractivity contribution < 1.29 is 9.59 Å². The van der Waals surface area contributed by atoms with Gasteiger partial charge in [-0.2, -0.15) is 0 Å². The fourth-order valence-corrected chi connectivity index (χ4v) is 4.88. The van der Waals surface area contributed by atoms with Crippen molar-refractivity contribution in [2.75, 3.05) is 26.2 Å². The molecular weight excluding hydrogens is 430 g/mol. The molecule has 3 aromatic rings. The Morgan fingerprint density at radius 3 is 2.61 bits per heavy atom. The van der Waals surface area contributed by atoms with E-state index in [9.17, 15) is 9.59 Å². The summed E-state index contributed by atoms with van der Waals surface area (Å²) in [5.41, 5.74) is 3.40. The van der Waals surface area contributed by atoms with Crippen LogP contribution in [0.3, 0.4) is 0 Å². The maximum Gasteiger partial charge on any atom is 0.253 e. The lowest BCUT2D eigenvalue weighted by molar-refractivity contribution is -0.130. The Balaban J connectivity index is 1.37. The Morgan fingerprint density at radius 2 is 1.81 bits per heavy atom. The highest BCUT2D eigenvalue weighted by atomic mass is 35.5. The van der Waals surface area contributed by atoms with Crippen LogP contribution in [-0.2, 0) is 11.2 Å². The van der Waals surface area contributed by atoms with Gasteiger partial charge in [-0.25, -0.2) is 4.98 Å². The Labute approximate surface area is 191 Å². The lowest BCUT2D eigenvalue weighted by Crippen LogP contribution is -2.38. The fourth-order valence-electron chi connectivity index (χ4n) is 3.74. The van der Waals surface area contributed by atoms with E-state index >= 15 is 0 Å². The Morgan fingerprint density at radius 1 is 1.03 bits per heavy atom. The zero-order chi connectivity index (χ0) is 21.8. The Bertz CT molecular complexity index is 1100. The summed E-state index contributed by atoms with van der Waals surface area (Å²) in [5, 5.41) is 3.39. The van der Waals surface area contributed by atoms with Gasteiger partial charge < -0.3 is 9.80 Å². The minimum atomic E-state index is 0.0295. The SMILES string of the molecule is Cc1cccc(C(=O)N2CCCN(C(=O)Cc3csc(-c4ccccc4Cl)n3)CC2)c1. The van der Waals surface area contributed by atoms with Crippen molar-refractivity contribution in [1.82, 2.24) is 14.8 Å². The number of benzene rings is 2. The molecular formula is C24H24ClN3O2S. The predicted molar refractivity (Wildman–Crippen MR) is 125 cm³/mol. The highest BCUT2D eigenvalue weighted by Gasteiger charge is 2.23. The summed E-state index contributed by atoms with van der Waals surface area (Å²) in [4.78, 5) is 34.0. The second kappa shape index (κ2) is 9.62. The predicted octanol–water partition coefficient (Wildman–Crippen LogP) is 4.69. The average Bonchev–Trinajstić information content (AvgIpc) is 3.07. The molecule has 0 radical (unpaired) electrons. The number of carbonyl (C=O) groups excluding carboxylic acids is 2. The van der Waals surface area contributed by atoms with E-state index in [0.29, 0.717) is 36.8 Å². The topological polar surface area (TPSA) is 53.5 Å². The molecule has 7 heteroatoms. The van der Waals surface area contributed by atoms with Gasteiger partial charge >= 0.3 is 0 Å². The number of rotatable bonds is 4. The highest BCUT2D eigenvalue weighted by molar-refractivity contribution is 7.13. The first-order valence-electron chi connectivity index (χ1n) is 10.3. The number of amides is 2. The van der Waals surface area contributed by atoms with Crippen LogP contribution in [-0.4, -0.2) is 52.8 Å². The molecule has 2 aromatic carbocycles. The number of hydrogen-bond donors (Lipinski definition) is 0. The molecule has 0 atom stereocenters. The second-order valence-corrected chi connectivity index (χ2v) is 8.96.